The molecule has 0 fully saturated rings. The van der Waals surface area contributed by atoms with Crippen molar-refractivity contribution in [1.29, 1.82) is 0 Å². The number of nitrogens with two attached hydrogens (primary N) is 1. The third-order valence-electron chi connectivity index (χ3n) is 3.15. The molecule has 1 unspecified atom stereocenters. The van der Waals surface area contributed by atoms with Gasteiger partial charge in [-0.3, -0.25) is 4.79 Å². The van der Waals surface area contributed by atoms with Crippen molar-refractivity contribution in [3.63, 3.8) is 0 Å². The zero-order valence-electron chi connectivity index (χ0n) is 11.8. The number of nitrogens with one attached hydrogen (secondary N) is 1. The first kappa shape index (κ1) is 15.0. The molecule has 1 atom stereocenters. The molecule has 0 bridgehead atoms. The van der Waals surface area contributed by atoms with Crippen LogP contribution in [0.4, 0.5) is 0 Å². The van der Waals surface area contributed by atoms with Crippen molar-refractivity contribution in [2.45, 2.75) is 24.3 Å². The fourth-order valence-corrected chi connectivity index (χ4v) is 2.99. The van der Waals surface area contributed by atoms with Crippen LogP contribution in [0, 0.1) is 0 Å². The van der Waals surface area contributed by atoms with E-state index < -0.39 is 5.54 Å². The van der Waals surface area contributed by atoms with Crippen molar-refractivity contribution < 1.29 is 14.3 Å². The lowest BCUT2D eigenvalue weighted by atomic mass is 10.1. The van der Waals surface area contributed by atoms with Gasteiger partial charge in [-0.05, 0) is 31.7 Å². The van der Waals surface area contributed by atoms with Crippen LogP contribution in [0.2, 0.25) is 0 Å². The second-order valence-corrected chi connectivity index (χ2v) is 5.87. The van der Waals surface area contributed by atoms with Crippen molar-refractivity contribution in [2.75, 3.05) is 25.5 Å². The number of hydrogen-bond acceptors (Lipinski definition) is 5. The number of ether oxygens (including phenoxy) is 2. The number of carbonyl (C=O) groups excluding carboxylic acids is 1. The molecule has 2 rings (SSSR count). The minimum absolute atomic E-state index is 0.343. The molecule has 1 aromatic carbocycles. The molecule has 1 aliphatic rings. The second kappa shape index (κ2) is 6.37. The minimum atomic E-state index is -0.716. The van der Waals surface area contributed by atoms with E-state index in [0.29, 0.717) is 25.5 Å². The summed E-state index contributed by atoms with van der Waals surface area (Å²) in [7, 11) is 0. The second-order valence-electron chi connectivity index (χ2n) is 4.82. The zero-order chi connectivity index (χ0) is 14.6. The lowest BCUT2D eigenvalue weighted by molar-refractivity contribution is -0.122. The topological polar surface area (TPSA) is 73.6 Å². The van der Waals surface area contributed by atoms with Crippen LogP contribution in [-0.2, 0) is 4.79 Å². The van der Waals surface area contributed by atoms with Gasteiger partial charge < -0.3 is 20.5 Å². The van der Waals surface area contributed by atoms with Gasteiger partial charge in [-0.1, -0.05) is 6.92 Å². The highest BCUT2D eigenvalue weighted by Gasteiger charge is 2.30. The number of likely N-dealkylation sites (N-methyl/N-ethyl adjacent to an activating group) is 1. The zero-order valence-corrected chi connectivity index (χ0v) is 12.6. The molecule has 1 aliphatic heterocycles. The maximum atomic E-state index is 11.6. The summed E-state index contributed by atoms with van der Waals surface area (Å²) in [6.07, 6.45) is 0. The lowest BCUT2D eigenvalue weighted by Crippen LogP contribution is -2.55. The first-order valence-corrected chi connectivity index (χ1v) is 7.61. The minimum Gasteiger partial charge on any atom is -0.486 e. The van der Waals surface area contributed by atoms with Crippen LogP contribution in [0.1, 0.15) is 13.8 Å². The molecule has 0 saturated carbocycles. The summed E-state index contributed by atoms with van der Waals surface area (Å²) >= 11 is 1.57. The van der Waals surface area contributed by atoms with E-state index in [4.69, 9.17) is 15.2 Å². The Morgan fingerprint density at radius 2 is 2.10 bits per heavy atom. The maximum Gasteiger partial charge on any atom is 0.238 e. The highest BCUT2D eigenvalue weighted by atomic mass is 32.2. The SMILES string of the molecule is CCNC(C)(CSc1ccc2c(c1)OCCO2)C(N)=O. The van der Waals surface area contributed by atoms with E-state index in [1.807, 2.05) is 32.0 Å². The van der Waals surface area contributed by atoms with E-state index in [9.17, 15) is 4.79 Å². The third-order valence-corrected chi connectivity index (χ3v) is 4.46. The van der Waals surface area contributed by atoms with E-state index in [-0.39, 0.29) is 5.91 Å². The number of carbonyl (C=O) groups is 1. The number of fused-ring (bicyclic) bond motifs is 1. The molecular formula is C14H20N2O3S. The van der Waals surface area contributed by atoms with Crippen molar-refractivity contribution in [3.05, 3.63) is 18.2 Å². The van der Waals surface area contributed by atoms with Gasteiger partial charge in [0.2, 0.25) is 5.91 Å². The highest BCUT2D eigenvalue weighted by molar-refractivity contribution is 7.99. The van der Waals surface area contributed by atoms with Gasteiger partial charge in [0.25, 0.3) is 0 Å². The van der Waals surface area contributed by atoms with Gasteiger partial charge in [0.05, 0.1) is 0 Å². The normalized spacial score (nSPS) is 16.5. The Morgan fingerprint density at radius 3 is 2.75 bits per heavy atom. The van der Waals surface area contributed by atoms with Crippen molar-refractivity contribution >= 4 is 17.7 Å². The quantitative estimate of drug-likeness (QED) is 0.776. The standard InChI is InChI=1S/C14H20N2O3S/c1-3-16-14(2,13(15)17)9-20-10-4-5-11-12(8-10)19-7-6-18-11/h4-5,8,16H,3,6-7,9H2,1-2H3,(H2,15,17). The first-order chi connectivity index (χ1) is 9.55. The third kappa shape index (κ3) is 3.37. The molecule has 110 valence electrons. The van der Waals surface area contributed by atoms with Gasteiger partial charge in [-0.15, -0.1) is 11.8 Å². The molecule has 0 saturated heterocycles. The summed E-state index contributed by atoms with van der Waals surface area (Å²) in [5.74, 6) is 1.75. The molecular weight excluding hydrogens is 276 g/mol. The summed E-state index contributed by atoms with van der Waals surface area (Å²) in [5, 5.41) is 3.14. The molecule has 20 heavy (non-hydrogen) atoms. The van der Waals surface area contributed by atoms with Gasteiger partial charge in [0.15, 0.2) is 11.5 Å². The lowest BCUT2D eigenvalue weighted by Gasteiger charge is -2.26. The van der Waals surface area contributed by atoms with Gasteiger partial charge in [-0.2, -0.15) is 0 Å². The van der Waals surface area contributed by atoms with Crippen LogP contribution >= 0.6 is 11.8 Å². The van der Waals surface area contributed by atoms with E-state index in [1.54, 1.807) is 11.8 Å². The number of benzene rings is 1. The molecule has 1 aromatic rings. The predicted molar refractivity (Wildman–Crippen MR) is 79.4 cm³/mol. The Balaban J connectivity index is 2.04. The monoisotopic (exact) mass is 296 g/mol. The van der Waals surface area contributed by atoms with Crippen molar-refractivity contribution in [2.24, 2.45) is 5.73 Å². The number of amides is 1. The van der Waals surface area contributed by atoms with Crippen LogP contribution in [-0.4, -0.2) is 37.0 Å². The van der Waals surface area contributed by atoms with Gasteiger partial charge in [0, 0.05) is 10.6 Å². The van der Waals surface area contributed by atoms with E-state index in [0.717, 1.165) is 16.4 Å². The number of primary amides is 1. The fourth-order valence-electron chi connectivity index (χ4n) is 1.94. The molecule has 1 amide bonds. The highest BCUT2D eigenvalue weighted by Crippen LogP contribution is 2.34. The molecule has 5 nitrogen and oxygen atoms in total. The van der Waals surface area contributed by atoms with Gasteiger partial charge in [-0.25, -0.2) is 0 Å². The van der Waals surface area contributed by atoms with Crippen LogP contribution < -0.4 is 20.5 Å². The van der Waals surface area contributed by atoms with E-state index >= 15 is 0 Å². The predicted octanol–water partition coefficient (Wildman–Crippen LogP) is 1.40. The Morgan fingerprint density at radius 1 is 1.40 bits per heavy atom. The van der Waals surface area contributed by atoms with Gasteiger partial charge in [0.1, 0.15) is 18.8 Å². The molecule has 0 spiro atoms. The molecule has 0 radical (unpaired) electrons. The Labute approximate surface area is 123 Å². The summed E-state index contributed by atoms with van der Waals surface area (Å²) < 4.78 is 11.0. The number of rotatable bonds is 6. The maximum absolute atomic E-state index is 11.6. The van der Waals surface area contributed by atoms with Crippen LogP contribution in [0.15, 0.2) is 23.1 Å². The van der Waals surface area contributed by atoms with E-state index in [1.165, 1.54) is 0 Å². The summed E-state index contributed by atoms with van der Waals surface area (Å²) in [6, 6.07) is 5.80. The largest absolute Gasteiger partial charge is 0.486 e. The number of hydrogen-bond donors (Lipinski definition) is 2. The average molecular weight is 296 g/mol. The Kier molecular flexibility index (Phi) is 4.77. The molecule has 6 heteroatoms. The molecule has 1 heterocycles. The fraction of sp³-hybridized carbons (Fsp3) is 0.500. The average Bonchev–Trinajstić information content (AvgIpc) is 2.45. The number of thioether (sulfide) groups is 1. The summed E-state index contributed by atoms with van der Waals surface area (Å²) in [4.78, 5) is 12.6. The Bertz CT molecular complexity index is 495. The van der Waals surface area contributed by atoms with Crippen LogP contribution in [0.3, 0.4) is 0 Å². The van der Waals surface area contributed by atoms with Crippen molar-refractivity contribution in [1.82, 2.24) is 5.32 Å². The molecule has 3 N–H and O–H groups in total. The summed E-state index contributed by atoms with van der Waals surface area (Å²) in [6.45, 7) is 5.62. The van der Waals surface area contributed by atoms with Crippen LogP contribution in [0.5, 0.6) is 11.5 Å². The van der Waals surface area contributed by atoms with E-state index in [2.05, 4.69) is 5.32 Å². The first-order valence-electron chi connectivity index (χ1n) is 6.62. The molecule has 0 aromatic heterocycles. The Hall–Kier alpha value is -1.40. The van der Waals surface area contributed by atoms with Crippen molar-refractivity contribution in [3.8, 4) is 11.5 Å². The van der Waals surface area contributed by atoms with Gasteiger partial charge >= 0.3 is 0 Å². The molecule has 0 aliphatic carbocycles. The van der Waals surface area contributed by atoms with Crippen LogP contribution in [0.25, 0.3) is 0 Å². The summed E-state index contributed by atoms with van der Waals surface area (Å²) in [5.41, 5.74) is 4.76. The smallest absolute Gasteiger partial charge is 0.238 e.